The molecule has 3 nitrogen and oxygen atoms in total. The highest BCUT2D eigenvalue weighted by Crippen LogP contribution is 2.43. The molecule has 76 valence electrons. The predicted molar refractivity (Wildman–Crippen MR) is 41.4 cm³/mol. The van der Waals surface area contributed by atoms with Gasteiger partial charge in [0, 0.05) is 0 Å². The molecule has 0 unspecified atom stereocenters. The SMILES string of the molecule is C[C@@]1(O)CC=CC(F)(F)[C@]1(O)CO. The van der Waals surface area contributed by atoms with E-state index in [1.807, 2.05) is 0 Å². The molecule has 0 amide bonds. The minimum Gasteiger partial charge on any atom is -0.393 e. The zero-order chi connectivity index (χ0) is 10.3. The summed E-state index contributed by atoms with van der Waals surface area (Å²) < 4.78 is 26.2. The van der Waals surface area contributed by atoms with Crippen LogP contribution in [0.2, 0.25) is 0 Å². The summed E-state index contributed by atoms with van der Waals surface area (Å²) in [5.74, 6) is -3.61. The third-order valence-corrected chi connectivity index (χ3v) is 2.51. The lowest BCUT2D eigenvalue weighted by Gasteiger charge is -2.45. The first-order valence-electron chi connectivity index (χ1n) is 3.88. The Kier molecular flexibility index (Phi) is 2.22. The van der Waals surface area contributed by atoms with Crippen molar-refractivity contribution < 1.29 is 24.1 Å². The molecule has 1 rings (SSSR count). The molecular formula is C8H12F2O3. The molecule has 3 N–H and O–H groups in total. The molecule has 13 heavy (non-hydrogen) atoms. The molecule has 0 aromatic carbocycles. The number of aliphatic hydroxyl groups excluding tert-OH is 1. The van der Waals surface area contributed by atoms with Crippen LogP contribution in [-0.4, -0.2) is 39.1 Å². The second kappa shape index (κ2) is 2.73. The topological polar surface area (TPSA) is 60.7 Å². The molecule has 2 atom stereocenters. The van der Waals surface area contributed by atoms with E-state index in [1.165, 1.54) is 0 Å². The average Bonchev–Trinajstić information content (AvgIpc) is 1.99. The second-order valence-electron chi connectivity index (χ2n) is 3.52. The van der Waals surface area contributed by atoms with Crippen molar-refractivity contribution in [1.82, 2.24) is 0 Å². The van der Waals surface area contributed by atoms with Gasteiger partial charge < -0.3 is 15.3 Å². The molecule has 0 aromatic heterocycles. The van der Waals surface area contributed by atoms with Crippen LogP contribution >= 0.6 is 0 Å². The Morgan fingerprint density at radius 2 is 1.92 bits per heavy atom. The van der Waals surface area contributed by atoms with E-state index >= 15 is 0 Å². The number of rotatable bonds is 1. The van der Waals surface area contributed by atoms with Gasteiger partial charge in [-0.3, -0.25) is 0 Å². The highest BCUT2D eigenvalue weighted by Gasteiger charge is 2.62. The first-order valence-corrected chi connectivity index (χ1v) is 3.88. The first kappa shape index (κ1) is 10.6. The fourth-order valence-corrected chi connectivity index (χ4v) is 1.38. The van der Waals surface area contributed by atoms with Gasteiger partial charge in [-0.15, -0.1) is 0 Å². The Morgan fingerprint density at radius 1 is 1.38 bits per heavy atom. The summed E-state index contributed by atoms with van der Waals surface area (Å²) in [5.41, 5.74) is -4.81. The van der Waals surface area contributed by atoms with E-state index in [1.54, 1.807) is 0 Å². The molecule has 0 radical (unpaired) electrons. The molecule has 1 aliphatic rings. The Balaban J connectivity index is 3.17. The Hall–Kier alpha value is -0.520. The van der Waals surface area contributed by atoms with Gasteiger partial charge in [-0.05, 0) is 19.4 Å². The molecule has 0 aromatic rings. The molecule has 0 saturated heterocycles. The van der Waals surface area contributed by atoms with Gasteiger partial charge in [0.2, 0.25) is 0 Å². The minimum atomic E-state index is -3.61. The number of hydrogen-bond acceptors (Lipinski definition) is 3. The third kappa shape index (κ3) is 1.27. The maximum absolute atomic E-state index is 13.1. The van der Waals surface area contributed by atoms with Crippen molar-refractivity contribution in [3.8, 4) is 0 Å². The monoisotopic (exact) mass is 194 g/mol. The molecule has 0 fully saturated rings. The number of alkyl halides is 2. The molecular weight excluding hydrogens is 182 g/mol. The van der Waals surface area contributed by atoms with Gasteiger partial charge in [0.1, 0.15) is 5.60 Å². The van der Waals surface area contributed by atoms with Crippen molar-refractivity contribution in [2.24, 2.45) is 0 Å². The Labute approximate surface area is 74.3 Å². The van der Waals surface area contributed by atoms with Gasteiger partial charge in [-0.1, -0.05) is 6.08 Å². The van der Waals surface area contributed by atoms with E-state index in [9.17, 15) is 19.0 Å². The van der Waals surface area contributed by atoms with Crippen LogP contribution in [0.15, 0.2) is 12.2 Å². The summed E-state index contributed by atoms with van der Waals surface area (Å²) in [4.78, 5) is 0. The van der Waals surface area contributed by atoms with E-state index in [0.29, 0.717) is 6.08 Å². The molecule has 0 saturated carbocycles. The summed E-state index contributed by atoms with van der Waals surface area (Å²) in [6.07, 6.45) is 1.48. The van der Waals surface area contributed by atoms with E-state index in [-0.39, 0.29) is 6.42 Å². The maximum atomic E-state index is 13.1. The molecule has 0 heterocycles. The summed E-state index contributed by atoms with van der Waals surface area (Å²) in [7, 11) is 0. The van der Waals surface area contributed by atoms with Crippen molar-refractivity contribution in [3.63, 3.8) is 0 Å². The lowest BCUT2D eigenvalue weighted by molar-refractivity contribution is -0.259. The quantitative estimate of drug-likeness (QED) is 0.517. The van der Waals surface area contributed by atoms with Crippen LogP contribution in [0, 0.1) is 0 Å². The molecule has 5 heteroatoms. The van der Waals surface area contributed by atoms with Gasteiger partial charge in [0.05, 0.1) is 6.61 Å². The number of halogens is 2. The van der Waals surface area contributed by atoms with E-state index in [4.69, 9.17) is 5.11 Å². The van der Waals surface area contributed by atoms with Crippen molar-refractivity contribution in [2.75, 3.05) is 6.61 Å². The first-order chi connectivity index (χ1) is 5.77. The van der Waals surface area contributed by atoms with Crippen molar-refractivity contribution in [1.29, 1.82) is 0 Å². The van der Waals surface area contributed by atoms with E-state index in [2.05, 4.69) is 0 Å². The Bertz CT molecular complexity index is 238. The van der Waals surface area contributed by atoms with Crippen LogP contribution in [0.1, 0.15) is 13.3 Å². The fraction of sp³-hybridized carbons (Fsp3) is 0.750. The van der Waals surface area contributed by atoms with Gasteiger partial charge in [0.25, 0.3) is 5.92 Å². The zero-order valence-corrected chi connectivity index (χ0v) is 7.17. The largest absolute Gasteiger partial charge is 0.393 e. The van der Waals surface area contributed by atoms with Crippen LogP contribution in [0.25, 0.3) is 0 Å². The standard InChI is InChI=1S/C8H12F2O3/c1-6(12)3-2-4-8(9,10)7(6,13)5-11/h2,4,11-13H,3,5H2,1H3/t6-,7+/m1/s1. The zero-order valence-electron chi connectivity index (χ0n) is 7.17. The van der Waals surface area contributed by atoms with Crippen LogP contribution in [0.5, 0.6) is 0 Å². The fourth-order valence-electron chi connectivity index (χ4n) is 1.38. The molecule has 0 aliphatic heterocycles. The van der Waals surface area contributed by atoms with Crippen molar-refractivity contribution in [2.45, 2.75) is 30.5 Å². The van der Waals surface area contributed by atoms with Crippen molar-refractivity contribution >= 4 is 0 Å². The molecule has 0 bridgehead atoms. The smallest absolute Gasteiger partial charge is 0.299 e. The van der Waals surface area contributed by atoms with Gasteiger partial charge >= 0.3 is 0 Å². The van der Waals surface area contributed by atoms with Crippen LogP contribution in [0.3, 0.4) is 0 Å². The highest BCUT2D eigenvalue weighted by atomic mass is 19.3. The number of hydrogen-bond donors (Lipinski definition) is 3. The van der Waals surface area contributed by atoms with Gasteiger partial charge in [-0.25, -0.2) is 0 Å². The highest BCUT2D eigenvalue weighted by molar-refractivity contribution is 5.20. The summed E-state index contributed by atoms with van der Waals surface area (Å²) >= 11 is 0. The second-order valence-corrected chi connectivity index (χ2v) is 3.52. The third-order valence-electron chi connectivity index (χ3n) is 2.51. The normalized spacial score (nSPS) is 43.5. The predicted octanol–water partition coefficient (Wildman–Crippen LogP) is 0.0560. The average molecular weight is 194 g/mol. The summed E-state index contributed by atoms with van der Waals surface area (Å²) in [6, 6.07) is 0. The Morgan fingerprint density at radius 3 is 2.23 bits per heavy atom. The van der Waals surface area contributed by atoms with Crippen LogP contribution in [0.4, 0.5) is 8.78 Å². The molecule has 0 spiro atoms. The van der Waals surface area contributed by atoms with E-state index < -0.39 is 23.7 Å². The number of aliphatic hydroxyl groups is 3. The lowest BCUT2D eigenvalue weighted by Crippen LogP contribution is -2.66. The van der Waals surface area contributed by atoms with Crippen LogP contribution < -0.4 is 0 Å². The van der Waals surface area contributed by atoms with Gasteiger partial charge in [0.15, 0.2) is 5.60 Å². The van der Waals surface area contributed by atoms with Crippen LogP contribution in [-0.2, 0) is 0 Å². The lowest BCUT2D eigenvalue weighted by atomic mass is 9.74. The maximum Gasteiger partial charge on any atom is 0.299 e. The van der Waals surface area contributed by atoms with Gasteiger partial charge in [-0.2, -0.15) is 8.78 Å². The summed E-state index contributed by atoms with van der Waals surface area (Å²) in [6.45, 7) is -0.113. The van der Waals surface area contributed by atoms with Crippen molar-refractivity contribution in [3.05, 3.63) is 12.2 Å². The van der Waals surface area contributed by atoms with E-state index in [0.717, 1.165) is 13.0 Å². The molecule has 1 aliphatic carbocycles. The minimum absolute atomic E-state index is 0.111. The summed E-state index contributed by atoms with van der Waals surface area (Å²) in [5, 5.41) is 27.6.